The highest BCUT2D eigenvalue weighted by Crippen LogP contribution is 2.18. The van der Waals surface area contributed by atoms with Gasteiger partial charge >= 0.3 is 0 Å². The van der Waals surface area contributed by atoms with Gasteiger partial charge in [0.25, 0.3) is 0 Å². The Balaban J connectivity index is 1.42. The SMILES string of the molecule is O=C(NCCc1ccc(F)cc1)C1CC(=O)N(CCc2ccccc2)C1. The lowest BCUT2D eigenvalue weighted by atomic mass is 10.1. The van der Waals surface area contributed by atoms with Crippen LogP contribution in [0.15, 0.2) is 54.6 Å². The first-order chi connectivity index (χ1) is 12.6. The monoisotopic (exact) mass is 354 g/mol. The van der Waals surface area contributed by atoms with E-state index in [2.05, 4.69) is 5.32 Å². The third-order valence-corrected chi connectivity index (χ3v) is 4.72. The number of likely N-dealkylation sites (tertiary alicyclic amines) is 1. The lowest BCUT2D eigenvalue weighted by Gasteiger charge is -2.16. The van der Waals surface area contributed by atoms with E-state index in [-0.39, 0.29) is 30.0 Å². The molecule has 1 fully saturated rings. The average Bonchev–Trinajstić information content (AvgIpc) is 3.03. The fourth-order valence-electron chi connectivity index (χ4n) is 3.20. The molecule has 2 amide bonds. The molecule has 2 aromatic rings. The fourth-order valence-corrected chi connectivity index (χ4v) is 3.20. The smallest absolute Gasteiger partial charge is 0.225 e. The summed E-state index contributed by atoms with van der Waals surface area (Å²) in [4.78, 5) is 26.2. The van der Waals surface area contributed by atoms with Gasteiger partial charge in [-0.1, -0.05) is 42.5 Å². The van der Waals surface area contributed by atoms with Gasteiger partial charge in [0.2, 0.25) is 11.8 Å². The molecule has 1 atom stereocenters. The maximum atomic E-state index is 12.9. The van der Waals surface area contributed by atoms with Gasteiger partial charge < -0.3 is 10.2 Å². The molecule has 0 spiro atoms. The van der Waals surface area contributed by atoms with Gasteiger partial charge in [-0.05, 0) is 36.1 Å². The zero-order valence-electron chi connectivity index (χ0n) is 14.7. The molecule has 1 aliphatic rings. The Labute approximate surface area is 153 Å². The van der Waals surface area contributed by atoms with Crippen LogP contribution >= 0.6 is 0 Å². The van der Waals surface area contributed by atoms with Crippen molar-refractivity contribution in [2.75, 3.05) is 19.6 Å². The Morgan fingerprint density at radius 1 is 1.04 bits per heavy atom. The molecule has 1 saturated heterocycles. The van der Waals surface area contributed by atoms with E-state index in [1.807, 2.05) is 30.3 Å². The summed E-state index contributed by atoms with van der Waals surface area (Å²) in [5.41, 5.74) is 2.16. The fraction of sp³-hybridized carbons (Fsp3) is 0.333. The second-order valence-electron chi connectivity index (χ2n) is 6.64. The van der Waals surface area contributed by atoms with E-state index >= 15 is 0 Å². The van der Waals surface area contributed by atoms with Crippen molar-refractivity contribution in [1.82, 2.24) is 10.2 Å². The summed E-state index contributed by atoms with van der Waals surface area (Å²) in [6.07, 6.45) is 1.72. The summed E-state index contributed by atoms with van der Waals surface area (Å²) < 4.78 is 12.9. The molecule has 1 N–H and O–H groups in total. The summed E-state index contributed by atoms with van der Waals surface area (Å²) in [7, 11) is 0. The highest BCUT2D eigenvalue weighted by atomic mass is 19.1. The molecule has 1 aliphatic heterocycles. The van der Waals surface area contributed by atoms with Gasteiger partial charge in [0.05, 0.1) is 5.92 Å². The number of nitrogens with one attached hydrogen (secondary N) is 1. The molecule has 2 aromatic carbocycles. The van der Waals surface area contributed by atoms with Crippen molar-refractivity contribution in [2.24, 2.45) is 5.92 Å². The molecule has 0 bridgehead atoms. The van der Waals surface area contributed by atoms with Crippen LogP contribution in [-0.4, -0.2) is 36.3 Å². The summed E-state index contributed by atoms with van der Waals surface area (Å²) in [6.45, 7) is 1.61. The van der Waals surface area contributed by atoms with E-state index in [4.69, 9.17) is 0 Å². The van der Waals surface area contributed by atoms with Crippen LogP contribution in [0.4, 0.5) is 4.39 Å². The van der Waals surface area contributed by atoms with E-state index in [9.17, 15) is 14.0 Å². The lowest BCUT2D eigenvalue weighted by molar-refractivity contribution is -0.129. The van der Waals surface area contributed by atoms with E-state index in [1.165, 1.54) is 17.7 Å². The zero-order chi connectivity index (χ0) is 18.4. The number of rotatable bonds is 7. The van der Waals surface area contributed by atoms with Crippen molar-refractivity contribution in [3.05, 3.63) is 71.5 Å². The van der Waals surface area contributed by atoms with Crippen molar-refractivity contribution >= 4 is 11.8 Å². The van der Waals surface area contributed by atoms with E-state index < -0.39 is 0 Å². The first kappa shape index (κ1) is 18.1. The van der Waals surface area contributed by atoms with Crippen LogP contribution in [0.25, 0.3) is 0 Å². The van der Waals surface area contributed by atoms with Gasteiger partial charge in [0.15, 0.2) is 0 Å². The number of carbonyl (C=O) groups excluding carboxylic acids is 2. The van der Waals surface area contributed by atoms with Crippen molar-refractivity contribution in [3.8, 4) is 0 Å². The molecular weight excluding hydrogens is 331 g/mol. The first-order valence-corrected chi connectivity index (χ1v) is 8.95. The first-order valence-electron chi connectivity index (χ1n) is 8.95. The minimum atomic E-state index is -0.286. The molecule has 0 aromatic heterocycles. The normalized spacial score (nSPS) is 16.7. The summed E-state index contributed by atoms with van der Waals surface area (Å²) >= 11 is 0. The second kappa shape index (κ2) is 8.61. The Morgan fingerprint density at radius 2 is 1.73 bits per heavy atom. The van der Waals surface area contributed by atoms with Gasteiger partial charge in [-0.15, -0.1) is 0 Å². The van der Waals surface area contributed by atoms with Crippen molar-refractivity contribution in [1.29, 1.82) is 0 Å². The molecule has 5 heteroatoms. The number of carbonyl (C=O) groups is 2. The van der Waals surface area contributed by atoms with Gasteiger partial charge in [-0.25, -0.2) is 4.39 Å². The third-order valence-electron chi connectivity index (χ3n) is 4.72. The Morgan fingerprint density at radius 3 is 2.46 bits per heavy atom. The topological polar surface area (TPSA) is 49.4 Å². The average molecular weight is 354 g/mol. The zero-order valence-corrected chi connectivity index (χ0v) is 14.7. The van der Waals surface area contributed by atoms with Crippen LogP contribution in [-0.2, 0) is 22.4 Å². The lowest BCUT2D eigenvalue weighted by Crippen LogP contribution is -2.34. The molecule has 3 rings (SSSR count). The van der Waals surface area contributed by atoms with Crippen molar-refractivity contribution in [2.45, 2.75) is 19.3 Å². The Bertz CT molecular complexity index is 746. The number of hydrogen-bond acceptors (Lipinski definition) is 2. The molecule has 1 unspecified atom stereocenters. The van der Waals surface area contributed by atoms with Crippen LogP contribution in [0.5, 0.6) is 0 Å². The number of nitrogens with zero attached hydrogens (tertiary/aromatic N) is 1. The van der Waals surface area contributed by atoms with Crippen LogP contribution in [0.3, 0.4) is 0 Å². The van der Waals surface area contributed by atoms with E-state index in [0.29, 0.717) is 26.1 Å². The van der Waals surface area contributed by atoms with Crippen LogP contribution in [0.1, 0.15) is 17.5 Å². The van der Waals surface area contributed by atoms with Crippen LogP contribution < -0.4 is 5.32 Å². The largest absolute Gasteiger partial charge is 0.355 e. The van der Waals surface area contributed by atoms with Gasteiger partial charge in [-0.2, -0.15) is 0 Å². The molecular formula is C21H23FN2O2. The van der Waals surface area contributed by atoms with Gasteiger partial charge in [0.1, 0.15) is 5.82 Å². The summed E-state index contributed by atoms with van der Waals surface area (Å²) in [5.74, 6) is -0.591. The van der Waals surface area contributed by atoms with E-state index in [0.717, 1.165) is 12.0 Å². The number of halogens is 1. The standard InChI is InChI=1S/C21H23FN2O2/c22-19-8-6-17(7-9-19)10-12-23-21(26)18-14-20(25)24(15-18)13-11-16-4-2-1-3-5-16/h1-9,18H,10-15H2,(H,23,26). The maximum absolute atomic E-state index is 12.9. The van der Waals surface area contributed by atoms with E-state index in [1.54, 1.807) is 17.0 Å². The highest BCUT2D eigenvalue weighted by Gasteiger charge is 2.33. The third kappa shape index (κ3) is 4.91. The molecule has 0 radical (unpaired) electrons. The second-order valence-corrected chi connectivity index (χ2v) is 6.64. The van der Waals surface area contributed by atoms with Crippen LogP contribution in [0, 0.1) is 11.7 Å². The molecule has 136 valence electrons. The molecule has 26 heavy (non-hydrogen) atoms. The molecule has 1 heterocycles. The quantitative estimate of drug-likeness (QED) is 0.831. The minimum Gasteiger partial charge on any atom is -0.355 e. The Hall–Kier alpha value is -2.69. The van der Waals surface area contributed by atoms with Gasteiger partial charge in [0, 0.05) is 26.1 Å². The number of benzene rings is 2. The maximum Gasteiger partial charge on any atom is 0.225 e. The predicted octanol–water partition coefficient (Wildman–Crippen LogP) is 2.58. The summed E-state index contributed by atoms with van der Waals surface area (Å²) in [6, 6.07) is 16.3. The van der Waals surface area contributed by atoms with Crippen LogP contribution in [0.2, 0.25) is 0 Å². The minimum absolute atomic E-state index is 0.0413. The number of hydrogen-bond donors (Lipinski definition) is 1. The van der Waals surface area contributed by atoms with Crippen molar-refractivity contribution < 1.29 is 14.0 Å². The molecule has 4 nitrogen and oxygen atoms in total. The summed E-state index contributed by atoms with van der Waals surface area (Å²) in [5, 5.41) is 2.89. The molecule has 0 aliphatic carbocycles. The molecule has 0 saturated carbocycles. The predicted molar refractivity (Wildman–Crippen MR) is 97.9 cm³/mol. The van der Waals surface area contributed by atoms with Gasteiger partial charge in [-0.3, -0.25) is 9.59 Å². The Kier molecular flexibility index (Phi) is 6.00. The number of amides is 2. The van der Waals surface area contributed by atoms with Crippen molar-refractivity contribution in [3.63, 3.8) is 0 Å². The highest BCUT2D eigenvalue weighted by molar-refractivity contribution is 5.89.